The fourth-order valence-corrected chi connectivity index (χ4v) is 3.70. The molecule has 1 aliphatic rings. The average molecular weight is 506 g/mol. The number of hydrogen-bond donors (Lipinski definition) is 7. The zero-order chi connectivity index (χ0) is 26.3. The van der Waals surface area contributed by atoms with E-state index >= 15 is 0 Å². The maximum Gasteiger partial charge on any atom is 0.302 e. The van der Waals surface area contributed by atoms with Crippen LogP contribution >= 0.6 is 0 Å². The van der Waals surface area contributed by atoms with Gasteiger partial charge < -0.3 is 54.4 Å². The molecule has 4 rings (SSSR count). The third-order valence-corrected chi connectivity index (χ3v) is 5.51. The second kappa shape index (κ2) is 9.54. The molecule has 1 saturated heterocycles. The molecule has 1 aliphatic heterocycles. The third-order valence-electron chi connectivity index (χ3n) is 5.51. The summed E-state index contributed by atoms with van der Waals surface area (Å²) in [6, 6.07) is 5.32. The number of carbonyl (C=O) groups is 1. The Hall–Kier alpha value is -4.04. The number of phenolic OH excluding ortho intramolecular Hbond substituents is 4. The first-order valence-corrected chi connectivity index (χ1v) is 10.5. The van der Waals surface area contributed by atoms with Gasteiger partial charge in [0.2, 0.25) is 17.5 Å². The number of carbonyl (C=O) groups excluding carboxylic acids is 1. The fourth-order valence-electron chi connectivity index (χ4n) is 3.70. The minimum Gasteiger partial charge on any atom is -0.508 e. The van der Waals surface area contributed by atoms with Crippen molar-refractivity contribution < 1.29 is 59.2 Å². The molecule has 0 saturated carbocycles. The van der Waals surface area contributed by atoms with Crippen LogP contribution in [0.25, 0.3) is 22.3 Å². The van der Waals surface area contributed by atoms with Crippen molar-refractivity contribution in [1.29, 1.82) is 0 Å². The molecular formula is C23H22O13. The lowest BCUT2D eigenvalue weighted by Gasteiger charge is -2.39. The standard InChI is InChI=1S/C23H22O13/c1-8(24)33-7-15-17(29)19(31)20(32)23(35-15)36-22-18(30)16-13(28)5-10(25)6-14(16)34-21(22)9-2-3-11(26)12(27)4-9/h2-6,15,17,19-20,23,25-29,31-32H,7H2,1H3/t15-,17-,19-,20-,23+/m1/s1. The molecule has 0 amide bonds. The van der Waals surface area contributed by atoms with E-state index in [2.05, 4.69) is 0 Å². The Balaban J connectivity index is 1.84. The molecule has 192 valence electrons. The van der Waals surface area contributed by atoms with Gasteiger partial charge in [-0.25, -0.2) is 0 Å². The van der Waals surface area contributed by atoms with Crippen molar-refractivity contribution in [2.24, 2.45) is 0 Å². The summed E-state index contributed by atoms with van der Waals surface area (Å²) in [5, 5.41) is 70.1. The largest absolute Gasteiger partial charge is 0.508 e. The number of aliphatic hydroxyl groups excluding tert-OH is 3. The molecule has 36 heavy (non-hydrogen) atoms. The summed E-state index contributed by atoms with van der Waals surface area (Å²) in [5.74, 6) is -3.84. The van der Waals surface area contributed by atoms with Crippen LogP contribution < -0.4 is 10.2 Å². The molecule has 2 aromatic carbocycles. The number of aromatic hydroxyl groups is 4. The van der Waals surface area contributed by atoms with E-state index in [0.717, 1.165) is 31.2 Å². The van der Waals surface area contributed by atoms with Crippen molar-refractivity contribution in [3.63, 3.8) is 0 Å². The van der Waals surface area contributed by atoms with Crippen LogP contribution in [0, 0.1) is 0 Å². The lowest BCUT2D eigenvalue weighted by molar-refractivity contribution is -0.278. The number of fused-ring (bicyclic) bond motifs is 1. The second-order valence-electron chi connectivity index (χ2n) is 8.07. The maximum atomic E-state index is 13.4. The monoisotopic (exact) mass is 506 g/mol. The lowest BCUT2D eigenvalue weighted by atomic mass is 9.99. The molecule has 7 N–H and O–H groups in total. The van der Waals surface area contributed by atoms with E-state index in [0.29, 0.717) is 0 Å². The number of phenols is 4. The van der Waals surface area contributed by atoms with E-state index in [1.165, 1.54) is 6.07 Å². The number of ether oxygens (including phenoxy) is 3. The second-order valence-corrected chi connectivity index (χ2v) is 8.07. The van der Waals surface area contributed by atoms with Gasteiger partial charge in [0.25, 0.3) is 0 Å². The van der Waals surface area contributed by atoms with Gasteiger partial charge in [-0.05, 0) is 18.2 Å². The van der Waals surface area contributed by atoms with E-state index < -0.39 is 82.8 Å². The van der Waals surface area contributed by atoms with E-state index in [4.69, 9.17) is 18.6 Å². The normalized spacial score (nSPS) is 23.9. The molecule has 13 heteroatoms. The summed E-state index contributed by atoms with van der Waals surface area (Å²) in [6.07, 6.45) is -8.54. The van der Waals surface area contributed by atoms with Crippen molar-refractivity contribution in [3.8, 4) is 40.1 Å². The summed E-state index contributed by atoms with van der Waals surface area (Å²) in [5.41, 5.74) is -1.24. The molecule has 13 nitrogen and oxygen atoms in total. The Morgan fingerprint density at radius 3 is 2.33 bits per heavy atom. The van der Waals surface area contributed by atoms with E-state index in [1.807, 2.05) is 0 Å². The summed E-state index contributed by atoms with van der Waals surface area (Å²) in [4.78, 5) is 24.5. The SMILES string of the molecule is CC(=O)OC[C@H]1O[C@@H](Oc2c(-c3ccc(O)c(O)c3)oc3cc(O)cc(O)c3c2=O)[C@H](O)[C@H](O)[C@@H]1O. The Labute approximate surface area is 201 Å². The van der Waals surface area contributed by atoms with Gasteiger partial charge in [-0.15, -0.1) is 0 Å². The number of esters is 1. The number of hydrogen-bond acceptors (Lipinski definition) is 13. The van der Waals surface area contributed by atoms with Crippen LogP contribution in [-0.2, 0) is 14.3 Å². The summed E-state index contributed by atoms with van der Waals surface area (Å²) >= 11 is 0. The van der Waals surface area contributed by atoms with Gasteiger partial charge in [0.15, 0.2) is 17.3 Å². The van der Waals surface area contributed by atoms with Crippen molar-refractivity contribution in [2.75, 3.05) is 6.61 Å². The lowest BCUT2D eigenvalue weighted by Crippen LogP contribution is -2.60. The fraction of sp³-hybridized carbons (Fsp3) is 0.304. The van der Waals surface area contributed by atoms with Gasteiger partial charge in [-0.1, -0.05) is 0 Å². The van der Waals surface area contributed by atoms with Crippen molar-refractivity contribution in [2.45, 2.75) is 37.6 Å². The van der Waals surface area contributed by atoms with E-state index in [1.54, 1.807) is 0 Å². The van der Waals surface area contributed by atoms with Crippen LogP contribution in [-0.4, -0.2) is 79.0 Å². The van der Waals surface area contributed by atoms with Crippen molar-refractivity contribution >= 4 is 16.9 Å². The number of benzene rings is 2. The Morgan fingerprint density at radius 2 is 1.67 bits per heavy atom. The molecule has 0 radical (unpaired) electrons. The molecule has 2 heterocycles. The third kappa shape index (κ3) is 4.59. The zero-order valence-corrected chi connectivity index (χ0v) is 18.6. The quantitative estimate of drug-likeness (QED) is 0.180. The van der Waals surface area contributed by atoms with Gasteiger partial charge in [0, 0.05) is 24.6 Å². The maximum absolute atomic E-state index is 13.4. The topological polar surface area (TPSA) is 217 Å². The van der Waals surface area contributed by atoms with Gasteiger partial charge in [-0.2, -0.15) is 0 Å². The van der Waals surface area contributed by atoms with Crippen molar-refractivity contribution in [3.05, 3.63) is 40.6 Å². The highest BCUT2D eigenvalue weighted by molar-refractivity contribution is 5.88. The smallest absolute Gasteiger partial charge is 0.302 e. The highest BCUT2D eigenvalue weighted by Crippen LogP contribution is 2.39. The van der Waals surface area contributed by atoms with Gasteiger partial charge in [0.05, 0.1) is 0 Å². The van der Waals surface area contributed by atoms with Crippen LogP contribution in [0.5, 0.6) is 28.7 Å². The first-order valence-electron chi connectivity index (χ1n) is 10.5. The molecule has 0 aliphatic carbocycles. The van der Waals surface area contributed by atoms with Crippen LogP contribution in [0.1, 0.15) is 6.92 Å². The van der Waals surface area contributed by atoms with Crippen LogP contribution in [0.3, 0.4) is 0 Å². The molecule has 1 fully saturated rings. The molecule has 0 bridgehead atoms. The Morgan fingerprint density at radius 1 is 0.944 bits per heavy atom. The minimum absolute atomic E-state index is 0.00415. The van der Waals surface area contributed by atoms with E-state index in [-0.39, 0.29) is 16.9 Å². The highest BCUT2D eigenvalue weighted by atomic mass is 16.7. The summed E-state index contributed by atoms with van der Waals surface area (Å²) < 4.78 is 21.5. The number of aliphatic hydroxyl groups is 3. The van der Waals surface area contributed by atoms with Gasteiger partial charge in [-0.3, -0.25) is 9.59 Å². The summed E-state index contributed by atoms with van der Waals surface area (Å²) in [7, 11) is 0. The molecule has 0 unspecified atom stereocenters. The first-order chi connectivity index (χ1) is 17.0. The van der Waals surface area contributed by atoms with Gasteiger partial charge >= 0.3 is 5.97 Å². The predicted octanol–water partition coefficient (Wildman–Crippen LogP) is 0.0319. The number of rotatable bonds is 5. The first kappa shape index (κ1) is 25.1. The predicted molar refractivity (Wildman–Crippen MR) is 119 cm³/mol. The zero-order valence-electron chi connectivity index (χ0n) is 18.6. The van der Waals surface area contributed by atoms with E-state index in [9.17, 15) is 45.3 Å². The molecule has 3 aromatic rings. The van der Waals surface area contributed by atoms with Crippen molar-refractivity contribution in [1.82, 2.24) is 0 Å². The minimum atomic E-state index is -1.89. The molecule has 0 spiro atoms. The van der Waals surface area contributed by atoms with Gasteiger partial charge in [0.1, 0.15) is 53.5 Å². The molecule has 1 aromatic heterocycles. The highest BCUT2D eigenvalue weighted by Gasteiger charge is 2.46. The Kier molecular flexibility index (Phi) is 6.65. The molecule has 5 atom stereocenters. The summed E-state index contributed by atoms with van der Waals surface area (Å²) in [6.45, 7) is 0.601. The van der Waals surface area contributed by atoms with Crippen LogP contribution in [0.4, 0.5) is 0 Å². The van der Waals surface area contributed by atoms with Crippen LogP contribution in [0.15, 0.2) is 39.5 Å². The average Bonchev–Trinajstić information content (AvgIpc) is 2.81. The van der Waals surface area contributed by atoms with Crippen LogP contribution in [0.2, 0.25) is 0 Å². The Bertz CT molecular complexity index is 1360. The molecular weight excluding hydrogens is 484 g/mol.